The smallest absolute Gasteiger partial charge is 0.319 e. The van der Waals surface area contributed by atoms with Crippen LogP contribution in [-0.4, -0.2) is 74.1 Å². The summed E-state index contributed by atoms with van der Waals surface area (Å²) in [5.74, 6) is 0.461. The molecule has 1 aromatic rings. The number of aryl methyl sites for hydroxylation is 1. The van der Waals surface area contributed by atoms with Crippen LogP contribution in [0.4, 0.5) is 16.2 Å². The number of piperazine rings is 1. The number of benzene rings is 1. The van der Waals surface area contributed by atoms with Crippen molar-refractivity contribution in [1.29, 1.82) is 0 Å². The first kappa shape index (κ1) is 19.1. The molecular weight excluding hydrogens is 354 g/mol. The molecule has 2 saturated heterocycles. The number of likely N-dealkylation sites (tertiary alicyclic amines) is 1. The van der Waals surface area contributed by atoms with Crippen molar-refractivity contribution in [2.45, 2.75) is 32.2 Å². The van der Waals surface area contributed by atoms with Crippen molar-refractivity contribution in [2.75, 3.05) is 56.5 Å². The maximum Gasteiger partial charge on any atom is 0.319 e. The Hall–Kier alpha value is -2.28. The molecule has 7 heteroatoms. The number of carbonyl (C=O) groups is 2. The zero-order chi connectivity index (χ0) is 19.7. The third-order valence-electron chi connectivity index (χ3n) is 5.97. The Balaban J connectivity index is 1.30. The number of urea groups is 1. The molecule has 3 aliphatic rings. The Labute approximate surface area is 167 Å². The first-order valence-corrected chi connectivity index (χ1v) is 10.4. The number of nitrogens with one attached hydrogen (secondary N) is 2. The van der Waals surface area contributed by atoms with Crippen molar-refractivity contribution in [3.05, 3.63) is 23.8 Å². The fourth-order valence-electron chi connectivity index (χ4n) is 4.18. The van der Waals surface area contributed by atoms with Gasteiger partial charge in [-0.2, -0.15) is 0 Å². The zero-order valence-electron chi connectivity index (χ0n) is 16.9. The van der Waals surface area contributed by atoms with E-state index in [1.54, 1.807) is 0 Å². The summed E-state index contributed by atoms with van der Waals surface area (Å²) in [4.78, 5) is 31.1. The molecule has 2 heterocycles. The quantitative estimate of drug-likeness (QED) is 0.812. The second-order valence-electron chi connectivity index (χ2n) is 8.53. The second kappa shape index (κ2) is 7.99. The summed E-state index contributed by atoms with van der Waals surface area (Å²) in [6.07, 6.45) is 2.82. The van der Waals surface area contributed by atoms with E-state index in [-0.39, 0.29) is 17.9 Å². The Kier molecular flexibility index (Phi) is 5.44. The standard InChI is InChI=1S/C21H31N5O2/c1-15-9-17(12-19(10-15)25-7-5-24(2)6-8-25)23-21(28)22-13-16-11-20(27)26(14-16)18-3-4-18/h9-10,12,16,18H,3-8,11,13-14H2,1-2H3,(H2,22,23,28). The lowest BCUT2D eigenvalue weighted by Gasteiger charge is -2.34. The highest BCUT2D eigenvalue weighted by atomic mass is 16.2. The topological polar surface area (TPSA) is 67.9 Å². The molecule has 1 aliphatic carbocycles. The summed E-state index contributed by atoms with van der Waals surface area (Å²) < 4.78 is 0. The van der Waals surface area contributed by atoms with Crippen LogP contribution >= 0.6 is 0 Å². The van der Waals surface area contributed by atoms with Crippen LogP contribution in [0.5, 0.6) is 0 Å². The van der Waals surface area contributed by atoms with Crippen molar-refractivity contribution in [3.8, 4) is 0 Å². The van der Waals surface area contributed by atoms with E-state index in [9.17, 15) is 9.59 Å². The van der Waals surface area contributed by atoms with E-state index < -0.39 is 0 Å². The number of hydrogen-bond donors (Lipinski definition) is 2. The van der Waals surface area contributed by atoms with Crippen LogP contribution in [0, 0.1) is 12.8 Å². The van der Waals surface area contributed by atoms with Crippen LogP contribution in [0.1, 0.15) is 24.8 Å². The second-order valence-corrected chi connectivity index (χ2v) is 8.53. The maximum atomic E-state index is 12.4. The molecule has 0 aromatic heterocycles. The minimum atomic E-state index is -0.202. The predicted molar refractivity (Wildman–Crippen MR) is 111 cm³/mol. The van der Waals surface area contributed by atoms with E-state index in [1.165, 1.54) is 0 Å². The van der Waals surface area contributed by atoms with Crippen LogP contribution in [0.2, 0.25) is 0 Å². The monoisotopic (exact) mass is 385 g/mol. The van der Waals surface area contributed by atoms with Gasteiger partial charge in [0.25, 0.3) is 0 Å². The van der Waals surface area contributed by atoms with Crippen LogP contribution in [0.25, 0.3) is 0 Å². The Morgan fingerprint density at radius 1 is 1.14 bits per heavy atom. The molecule has 0 radical (unpaired) electrons. The normalized spacial score (nSPS) is 23.2. The highest BCUT2D eigenvalue weighted by Gasteiger charge is 2.39. The maximum absolute atomic E-state index is 12.4. The highest BCUT2D eigenvalue weighted by Crippen LogP contribution is 2.32. The number of anilines is 2. The van der Waals surface area contributed by atoms with Gasteiger partial charge in [0.05, 0.1) is 0 Å². The molecule has 1 saturated carbocycles. The van der Waals surface area contributed by atoms with Gasteiger partial charge in [0, 0.05) is 69.0 Å². The molecule has 0 spiro atoms. The fraction of sp³-hybridized carbons (Fsp3) is 0.619. The molecule has 2 aliphatic heterocycles. The van der Waals surface area contributed by atoms with Gasteiger partial charge >= 0.3 is 6.03 Å². The van der Waals surface area contributed by atoms with E-state index in [0.29, 0.717) is 19.0 Å². The molecule has 2 N–H and O–H groups in total. The van der Waals surface area contributed by atoms with E-state index in [1.807, 2.05) is 17.0 Å². The lowest BCUT2D eigenvalue weighted by Crippen LogP contribution is -2.44. The highest BCUT2D eigenvalue weighted by molar-refractivity contribution is 5.90. The molecule has 3 fully saturated rings. The summed E-state index contributed by atoms with van der Waals surface area (Å²) in [5, 5.41) is 5.92. The van der Waals surface area contributed by atoms with E-state index in [0.717, 1.165) is 62.5 Å². The van der Waals surface area contributed by atoms with Crippen LogP contribution in [0.3, 0.4) is 0 Å². The fourth-order valence-corrected chi connectivity index (χ4v) is 4.18. The lowest BCUT2D eigenvalue weighted by molar-refractivity contribution is -0.128. The van der Waals surface area contributed by atoms with E-state index in [2.05, 4.69) is 40.5 Å². The van der Waals surface area contributed by atoms with Crippen molar-refractivity contribution in [1.82, 2.24) is 15.1 Å². The Bertz CT molecular complexity index is 740. The average molecular weight is 386 g/mol. The summed E-state index contributed by atoms with van der Waals surface area (Å²) in [6.45, 7) is 7.47. The van der Waals surface area contributed by atoms with Crippen molar-refractivity contribution in [2.24, 2.45) is 5.92 Å². The van der Waals surface area contributed by atoms with Gasteiger partial charge in [-0.05, 0) is 50.6 Å². The predicted octanol–water partition coefficient (Wildman–Crippen LogP) is 1.88. The van der Waals surface area contributed by atoms with Gasteiger partial charge in [-0.25, -0.2) is 4.79 Å². The molecule has 1 aromatic carbocycles. The molecule has 0 bridgehead atoms. The molecule has 28 heavy (non-hydrogen) atoms. The van der Waals surface area contributed by atoms with Crippen LogP contribution in [-0.2, 0) is 4.79 Å². The number of hydrogen-bond acceptors (Lipinski definition) is 4. The third-order valence-corrected chi connectivity index (χ3v) is 5.97. The summed E-state index contributed by atoms with van der Waals surface area (Å²) in [5.41, 5.74) is 3.10. The molecule has 152 valence electrons. The Morgan fingerprint density at radius 3 is 2.61 bits per heavy atom. The lowest BCUT2D eigenvalue weighted by atomic mass is 10.1. The zero-order valence-corrected chi connectivity index (χ0v) is 16.9. The van der Waals surface area contributed by atoms with Gasteiger partial charge < -0.3 is 25.3 Å². The van der Waals surface area contributed by atoms with Crippen molar-refractivity contribution < 1.29 is 9.59 Å². The number of nitrogens with zero attached hydrogens (tertiary/aromatic N) is 3. The molecule has 4 rings (SSSR count). The molecule has 1 unspecified atom stereocenters. The molecule has 3 amide bonds. The molecule has 1 atom stereocenters. The van der Waals surface area contributed by atoms with Crippen molar-refractivity contribution in [3.63, 3.8) is 0 Å². The van der Waals surface area contributed by atoms with Gasteiger partial charge in [-0.15, -0.1) is 0 Å². The summed E-state index contributed by atoms with van der Waals surface area (Å²) in [7, 11) is 2.15. The largest absolute Gasteiger partial charge is 0.369 e. The third kappa shape index (κ3) is 4.58. The van der Waals surface area contributed by atoms with Crippen molar-refractivity contribution >= 4 is 23.3 Å². The first-order chi connectivity index (χ1) is 13.5. The van der Waals surface area contributed by atoms with Gasteiger partial charge in [0.1, 0.15) is 0 Å². The minimum absolute atomic E-state index is 0.202. The minimum Gasteiger partial charge on any atom is -0.369 e. The first-order valence-electron chi connectivity index (χ1n) is 10.4. The molecular formula is C21H31N5O2. The van der Waals surface area contributed by atoms with Gasteiger partial charge in [-0.1, -0.05) is 0 Å². The average Bonchev–Trinajstić information content (AvgIpc) is 3.43. The SMILES string of the molecule is Cc1cc(NC(=O)NCC2CC(=O)N(C3CC3)C2)cc(N2CCN(C)CC2)c1. The van der Waals surface area contributed by atoms with E-state index >= 15 is 0 Å². The van der Waals surface area contributed by atoms with Crippen LogP contribution in [0.15, 0.2) is 18.2 Å². The summed E-state index contributed by atoms with van der Waals surface area (Å²) >= 11 is 0. The van der Waals surface area contributed by atoms with E-state index in [4.69, 9.17) is 0 Å². The van der Waals surface area contributed by atoms with Gasteiger partial charge in [0.15, 0.2) is 0 Å². The van der Waals surface area contributed by atoms with Gasteiger partial charge in [0.2, 0.25) is 5.91 Å². The van der Waals surface area contributed by atoms with Gasteiger partial charge in [-0.3, -0.25) is 4.79 Å². The number of likely N-dealkylation sites (N-methyl/N-ethyl adjacent to an activating group) is 1. The molecule has 7 nitrogen and oxygen atoms in total. The number of rotatable bonds is 5. The summed E-state index contributed by atoms with van der Waals surface area (Å²) in [6, 6.07) is 6.48. The number of amides is 3. The Morgan fingerprint density at radius 2 is 1.89 bits per heavy atom. The number of carbonyl (C=O) groups excluding carboxylic acids is 2. The van der Waals surface area contributed by atoms with Crippen LogP contribution < -0.4 is 15.5 Å².